The van der Waals surface area contributed by atoms with Gasteiger partial charge in [0.05, 0.1) is 12.2 Å². The van der Waals surface area contributed by atoms with Gasteiger partial charge in [0.2, 0.25) is 0 Å². The van der Waals surface area contributed by atoms with Crippen LogP contribution in [0.25, 0.3) is 0 Å². The van der Waals surface area contributed by atoms with E-state index in [2.05, 4.69) is 24.4 Å². The van der Waals surface area contributed by atoms with Gasteiger partial charge in [-0.1, -0.05) is 30.3 Å². The molecule has 0 amide bonds. The van der Waals surface area contributed by atoms with Gasteiger partial charge in [-0.15, -0.1) is 0 Å². The number of ether oxygens (including phenoxy) is 1. The van der Waals surface area contributed by atoms with Crippen molar-refractivity contribution >= 4 is 0 Å². The number of benzene rings is 1. The Hall–Kier alpha value is -0.900. The lowest BCUT2D eigenvalue weighted by Crippen LogP contribution is -2.87. The third kappa shape index (κ3) is 6.15. The van der Waals surface area contributed by atoms with Crippen molar-refractivity contribution < 1.29 is 15.2 Å². The number of aliphatic hydroxyl groups excluding tert-OH is 1. The Balaban J connectivity index is 2.28. The molecule has 102 valence electrons. The van der Waals surface area contributed by atoms with Gasteiger partial charge in [0.1, 0.15) is 18.7 Å². The first-order valence-corrected chi connectivity index (χ1v) is 6.59. The summed E-state index contributed by atoms with van der Waals surface area (Å²) in [6.45, 7) is 9.18. The van der Waals surface area contributed by atoms with Gasteiger partial charge in [-0.2, -0.15) is 0 Å². The lowest BCUT2D eigenvalue weighted by Gasteiger charge is -2.22. The molecule has 0 saturated carbocycles. The lowest BCUT2D eigenvalue weighted by atomic mass is 10.1. The smallest absolute Gasteiger partial charge is 0.126 e. The van der Waals surface area contributed by atoms with Gasteiger partial charge in [0, 0.05) is 5.56 Å². The van der Waals surface area contributed by atoms with Gasteiger partial charge < -0.3 is 15.2 Å². The van der Waals surface area contributed by atoms with Gasteiger partial charge >= 0.3 is 0 Å². The van der Waals surface area contributed by atoms with Crippen LogP contribution in [0.3, 0.4) is 0 Å². The molecular formula is C15H26NO2+. The van der Waals surface area contributed by atoms with Crippen molar-refractivity contribution in [3.05, 3.63) is 35.9 Å². The van der Waals surface area contributed by atoms with Gasteiger partial charge in [0.25, 0.3) is 0 Å². The van der Waals surface area contributed by atoms with E-state index in [1.807, 2.05) is 39.0 Å². The lowest BCUT2D eigenvalue weighted by molar-refractivity contribution is -0.698. The van der Waals surface area contributed by atoms with Crippen LogP contribution in [0.15, 0.2) is 30.3 Å². The largest absolute Gasteiger partial charge is 0.385 e. The molecular weight excluding hydrogens is 226 g/mol. The maximum absolute atomic E-state index is 9.85. The van der Waals surface area contributed by atoms with E-state index in [0.29, 0.717) is 19.2 Å². The van der Waals surface area contributed by atoms with E-state index in [-0.39, 0.29) is 5.60 Å². The zero-order valence-corrected chi connectivity index (χ0v) is 11.9. The average Bonchev–Trinajstić information content (AvgIpc) is 2.33. The average molecular weight is 252 g/mol. The van der Waals surface area contributed by atoms with E-state index in [9.17, 15) is 5.11 Å². The summed E-state index contributed by atoms with van der Waals surface area (Å²) >= 11 is 0. The van der Waals surface area contributed by atoms with E-state index < -0.39 is 6.10 Å². The number of rotatable bonds is 6. The minimum atomic E-state index is -0.421. The minimum Gasteiger partial charge on any atom is -0.385 e. The van der Waals surface area contributed by atoms with Crippen LogP contribution in [0.1, 0.15) is 39.3 Å². The minimum absolute atomic E-state index is 0.188. The van der Waals surface area contributed by atoms with Gasteiger partial charge in [-0.25, -0.2) is 0 Å². The summed E-state index contributed by atoms with van der Waals surface area (Å²) in [7, 11) is 0. The molecule has 3 nitrogen and oxygen atoms in total. The standard InChI is InChI=1S/C15H25NO2/c1-12(13-8-6-5-7-9-13)16-10-14(17)11-18-15(2,3)4/h5-9,12,14,16-17H,10-11H2,1-4H3/p+1/t12-,14+/m0/s1. The third-order valence-electron chi connectivity index (χ3n) is 2.80. The summed E-state index contributed by atoms with van der Waals surface area (Å²) in [5, 5.41) is 12.0. The van der Waals surface area contributed by atoms with E-state index in [4.69, 9.17) is 4.74 Å². The molecule has 0 aliphatic rings. The topological polar surface area (TPSA) is 46.1 Å². The molecule has 1 aromatic rings. The van der Waals surface area contributed by atoms with Crippen LogP contribution < -0.4 is 5.32 Å². The first kappa shape index (κ1) is 15.2. The van der Waals surface area contributed by atoms with Crippen LogP contribution in [-0.2, 0) is 4.74 Å². The van der Waals surface area contributed by atoms with Crippen molar-refractivity contribution in [2.24, 2.45) is 0 Å². The Labute approximate surface area is 110 Å². The molecule has 2 atom stereocenters. The summed E-state index contributed by atoms with van der Waals surface area (Å²) in [4.78, 5) is 0. The summed E-state index contributed by atoms with van der Waals surface area (Å²) in [6.07, 6.45) is -0.421. The predicted octanol–water partition coefficient (Wildman–Crippen LogP) is 1.49. The number of quaternary nitrogens is 1. The van der Waals surface area contributed by atoms with E-state index >= 15 is 0 Å². The second-order valence-corrected chi connectivity index (χ2v) is 5.75. The van der Waals surface area contributed by atoms with Crippen molar-refractivity contribution in [1.29, 1.82) is 0 Å². The predicted molar refractivity (Wildman–Crippen MR) is 73.4 cm³/mol. The normalized spacial score (nSPS) is 15.4. The maximum atomic E-state index is 9.85. The van der Waals surface area contributed by atoms with Gasteiger partial charge in [-0.05, 0) is 27.7 Å². The van der Waals surface area contributed by atoms with Crippen molar-refractivity contribution in [3.8, 4) is 0 Å². The molecule has 0 aliphatic carbocycles. The highest BCUT2D eigenvalue weighted by atomic mass is 16.5. The Morgan fingerprint density at radius 3 is 2.39 bits per heavy atom. The molecule has 0 radical (unpaired) electrons. The van der Waals surface area contributed by atoms with E-state index in [0.717, 1.165) is 0 Å². The molecule has 0 heterocycles. The number of hydrogen-bond donors (Lipinski definition) is 2. The fraction of sp³-hybridized carbons (Fsp3) is 0.600. The maximum Gasteiger partial charge on any atom is 0.126 e. The monoisotopic (exact) mass is 252 g/mol. The van der Waals surface area contributed by atoms with Crippen LogP contribution in [0.4, 0.5) is 0 Å². The zero-order chi connectivity index (χ0) is 13.6. The molecule has 0 bridgehead atoms. The van der Waals surface area contributed by atoms with Gasteiger partial charge in [0.15, 0.2) is 0 Å². The highest BCUT2D eigenvalue weighted by Gasteiger charge is 2.16. The van der Waals surface area contributed by atoms with Crippen LogP contribution in [0.5, 0.6) is 0 Å². The highest BCUT2D eigenvalue weighted by molar-refractivity contribution is 5.16. The fourth-order valence-electron chi connectivity index (χ4n) is 1.67. The second kappa shape index (κ2) is 6.88. The molecule has 3 heteroatoms. The van der Waals surface area contributed by atoms with Crippen molar-refractivity contribution in [2.45, 2.75) is 45.4 Å². The van der Waals surface area contributed by atoms with Crippen LogP contribution in [-0.4, -0.2) is 30.0 Å². The molecule has 0 saturated heterocycles. The van der Waals surface area contributed by atoms with E-state index in [1.54, 1.807) is 0 Å². The molecule has 0 spiro atoms. The fourth-order valence-corrected chi connectivity index (χ4v) is 1.67. The number of nitrogens with two attached hydrogens (primary N) is 1. The summed E-state index contributed by atoms with van der Waals surface area (Å²) in [5.41, 5.74) is 1.09. The Kier molecular flexibility index (Phi) is 5.79. The molecule has 18 heavy (non-hydrogen) atoms. The van der Waals surface area contributed by atoms with Crippen LogP contribution >= 0.6 is 0 Å². The quantitative estimate of drug-likeness (QED) is 0.805. The Bertz CT molecular complexity index is 332. The summed E-state index contributed by atoms with van der Waals surface area (Å²) in [6, 6.07) is 10.7. The Morgan fingerprint density at radius 1 is 1.22 bits per heavy atom. The van der Waals surface area contributed by atoms with E-state index in [1.165, 1.54) is 5.56 Å². The molecule has 3 N–H and O–H groups in total. The van der Waals surface area contributed by atoms with Crippen molar-refractivity contribution in [1.82, 2.24) is 0 Å². The molecule has 1 aromatic carbocycles. The number of aliphatic hydroxyl groups is 1. The third-order valence-corrected chi connectivity index (χ3v) is 2.80. The Morgan fingerprint density at radius 2 is 1.83 bits per heavy atom. The zero-order valence-electron chi connectivity index (χ0n) is 11.9. The molecule has 0 unspecified atom stereocenters. The van der Waals surface area contributed by atoms with Gasteiger partial charge in [-0.3, -0.25) is 0 Å². The molecule has 0 fully saturated rings. The number of hydrogen-bond acceptors (Lipinski definition) is 2. The van der Waals surface area contributed by atoms with Crippen LogP contribution in [0, 0.1) is 0 Å². The highest BCUT2D eigenvalue weighted by Crippen LogP contribution is 2.08. The van der Waals surface area contributed by atoms with Crippen molar-refractivity contribution in [2.75, 3.05) is 13.2 Å². The first-order chi connectivity index (χ1) is 8.38. The molecule has 0 aromatic heterocycles. The second-order valence-electron chi connectivity index (χ2n) is 5.75. The molecule has 0 aliphatic heterocycles. The summed E-state index contributed by atoms with van der Waals surface area (Å²) < 4.78 is 5.56. The molecule has 1 rings (SSSR count). The first-order valence-electron chi connectivity index (χ1n) is 6.59. The van der Waals surface area contributed by atoms with Crippen LogP contribution in [0.2, 0.25) is 0 Å². The van der Waals surface area contributed by atoms with Crippen molar-refractivity contribution in [3.63, 3.8) is 0 Å². The summed E-state index contributed by atoms with van der Waals surface area (Å²) in [5.74, 6) is 0. The SMILES string of the molecule is C[C@H]([NH2+]C[C@@H](O)COC(C)(C)C)c1ccccc1.